The van der Waals surface area contributed by atoms with Gasteiger partial charge in [0.15, 0.2) is 0 Å². The number of hydrogen-bond donors (Lipinski definition) is 0. The van der Waals surface area contributed by atoms with Crippen molar-refractivity contribution < 1.29 is 13.6 Å². The van der Waals surface area contributed by atoms with Crippen molar-refractivity contribution in [1.82, 2.24) is 14.8 Å². The SMILES string of the molecule is O=C(Cn1nc(-c2ccc(F)cc2)oc1=O)N1N=C(c2cccs2)CC1c1cccs1. The highest BCUT2D eigenvalue weighted by Gasteiger charge is 2.34. The minimum absolute atomic E-state index is 0.0248. The number of hydrogen-bond acceptors (Lipinski definition) is 7. The molecule has 0 bridgehead atoms. The third-order valence-corrected chi connectivity index (χ3v) is 6.72. The Bertz CT molecular complexity index is 1290. The van der Waals surface area contributed by atoms with Gasteiger partial charge in [0.1, 0.15) is 12.4 Å². The normalized spacial score (nSPS) is 16.0. The number of benzene rings is 1. The number of nitrogens with zero attached hydrogens (tertiary/aromatic N) is 4. The van der Waals surface area contributed by atoms with E-state index >= 15 is 0 Å². The number of thiophene rings is 2. The summed E-state index contributed by atoms with van der Waals surface area (Å²) in [4.78, 5) is 27.4. The molecular formula is C21H15FN4O3S2. The van der Waals surface area contributed by atoms with Gasteiger partial charge in [-0.1, -0.05) is 12.1 Å². The molecule has 31 heavy (non-hydrogen) atoms. The van der Waals surface area contributed by atoms with E-state index in [9.17, 15) is 14.0 Å². The lowest BCUT2D eigenvalue weighted by Gasteiger charge is -2.20. The molecule has 1 aliphatic heterocycles. The number of carbonyl (C=O) groups is 1. The molecule has 1 unspecified atom stereocenters. The van der Waals surface area contributed by atoms with E-state index in [1.165, 1.54) is 29.3 Å². The van der Waals surface area contributed by atoms with Crippen molar-refractivity contribution in [2.45, 2.75) is 19.0 Å². The summed E-state index contributed by atoms with van der Waals surface area (Å²) < 4.78 is 19.3. The molecule has 0 fully saturated rings. The minimum Gasteiger partial charge on any atom is -0.388 e. The van der Waals surface area contributed by atoms with Crippen LogP contribution in [0.3, 0.4) is 0 Å². The summed E-state index contributed by atoms with van der Waals surface area (Å²) in [7, 11) is 0. The largest absolute Gasteiger partial charge is 0.437 e. The maximum Gasteiger partial charge on any atom is 0.437 e. The molecule has 1 amide bonds. The molecule has 0 aliphatic carbocycles. The van der Waals surface area contributed by atoms with Crippen LogP contribution < -0.4 is 5.76 Å². The van der Waals surface area contributed by atoms with E-state index < -0.39 is 11.6 Å². The molecule has 1 aliphatic rings. The molecule has 156 valence electrons. The Morgan fingerprint density at radius 3 is 2.61 bits per heavy atom. The summed E-state index contributed by atoms with van der Waals surface area (Å²) in [5, 5.41) is 14.0. The fourth-order valence-electron chi connectivity index (χ4n) is 3.35. The molecule has 1 atom stereocenters. The van der Waals surface area contributed by atoms with Gasteiger partial charge in [0.05, 0.1) is 16.6 Å². The van der Waals surface area contributed by atoms with Gasteiger partial charge in [-0.2, -0.15) is 9.78 Å². The minimum atomic E-state index is -0.762. The first-order valence-corrected chi connectivity index (χ1v) is 11.1. The van der Waals surface area contributed by atoms with Gasteiger partial charge in [0.25, 0.3) is 5.91 Å². The van der Waals surface area contributed by atoms with Crippen molar-refractivity contribution in [2.75, 3.05) is 0 Å². The van der Waals surface area contributed by atoms with Crippen LogP contribution in [0, 0.1) is 5.82 Å². The summed E-state index contributed by atoms with van der Waals surface area (Å²) >= 11 is 3.12. The molecule has 4 heterocycles. The maximum absolute atomic E-state index is 13.1. The molecular weight excluding hydrogens is 439 g/mol. The first-order chi connectivity index (χ1) is 15.1. The predicted molar refractivity (Wildman–Crippen MR) is 116 cm³/mol. The van der Waals surface area contributed by atoms with Crippen molar-refractivity contribution in [2.24, 2.45) is 5.10 Å². The van der Waals surface area contributed by atoms with E-state index in [2.05, 4.69) is 10.2 Å². The zero-order valence-electron chi connectivity index (χ0n) is 16.0. The lowest BCUT2D eigenvalue weighted by Crippen LogP contribution is -2.33. The second-order valence-electron chi connectivity index (χ2n) is 6.84. The molecule has 3 aromatic heterocycles. The highest BCUT2D eigenvalue weighted by molar-refractivity contribution is 7.12. The number of halogens is 1. The number of amides is 1. The highest BCUT2D eigenvalue weighted by atomic mass is 32.1. The molecule has 5 rings (SSSR count). The summed E-state index contributed by atoms with van der Waals surface area (Å²) in [5.74, 6) is -1.52. The Labute approximate surface area is 183 Å². The van der Waals surface area contributed by atoms with Crippen LogP contribution in [0.1, 0.15) is 22.2 Å². The number of rotatable bonds is 5. The molecule has 7 nitrogen and oxygen atoms in total. The van der Waals surface area contributed by atoms with Crippen LogP contribution in [-0.4, -0.2) is 26.4 Å². The third-order valence-electron chi connectivity index (χ3n) is 4.83. The lowest BCUT2D eigenvalue weighted by molar-refractivity contribution is -0.133. The third kappa shape index (κ3) is 3.87. The van der Waals surface area contributed by atoms with Crippen molar-refractivity contribution in [3.05, 3.63) is 85.4 Å². The zero-order valence-corrected chi connectivity index (χ0v) is 17.6. The Kier molecular flexibility index (Phi) is 5.08. The lowest BCUT2D eigenvalue weighted by atomic mass is 10.1. The standard InChI is InChI=1S/C21H15FN4O3S2/c22-14-7-5-13(6-8-14)20-24-25(21(28)29-20)12-19(27)26-16(18-4-2-10-31-18)11-15(23-26)17-3-1-9-30-17/h1-10,16H,11-12H2. The van der Waals surface area contributed by atoms with Gasteiger partial charge >= 0.3 is 5.76 Å². The molecule has 0 saturated carbocycles. The van der Waals surface area contributed by atoms with Gasteiger partial charge in [-0.3, -0.25) is 4.79 Å². The van der Waals surface area contributed by atoms with Crippen LogP contribution in [0.2, 0.25) is 0 Å². The molecule has 0 spiro atoms. The highest BCUT2D eigenvalue weighted by Crippen LogP contribution is 2.36. The zero-order chi connectivity index (χ0) is 21.4. The Balaban J connectivity index is 1.42. The first kappa shape index (κ1) is 19.6. The number of aromatic nitrogens is 2. The number of carbonyl (C=O) groups excluding carboxylic acids is 1. The monoisotopic (exact) mass is 454 g/mol. The van der Waals surface area contributed by atoms with Gasteiger partial charge in [0.2, 0.25) is 5.89 Å². The second-order valence-corrected chi connectivity index (χ2v) is 8.76. The van der Waals surface area contributed by atoms with Crippen LogP contribution in [0.5, 0.6) is 0 Å². The van der Waals surface area contributed by atoms with Crippen LogP contribution >= 0.6 is 22.7 Å². The second kappa shape index (κ2) is 8.05. The Morgan fingerprint density at radius 2 is 1.90 bits per heavy atom. The molecule has 10 heteroatoms. The van der Waals surface area contributed by atoms with Crippen LogP contribution in [0.4, 0.5) is 4.39 Å². The maximum atomic E-state index is 13.1. The van der Waals surface area contributed by atoms with E-state index in [0.717, 1.165) is 20.1 Å². The summed E-state index contributed by atoms with van der Waals surface area (Å²) in [6.07, 6.45) is 0.599. The quantitative estimate of drug-likeness (QED) is 0.454. The topological polar surface area (TPSA) is 80.7 Å². The Hall–Kier alpha value is -3.37. The van der Waals surface area contributed by atoms with Gasteiger partial charge in [-0.25, -0.2) is 14.2 Å². The van der Waals surface area contributed by atoms with Gasteiger partial charge < -0.3 is 4.42 Å². The van der Waals surface area contributed by atoms with Gasteiger partial charge in [-0.05, 0) is 47.2 Å². The van der Waals surface area contributed by atoms with Crippen LogP contribution in [-0.2, 0) is 11.3 Å². The summed E-state index contributed by atoms with van der Waals surface area (Å²) in [5.41, 5.74) is 1.28. The van der Waals surface area contributed by atoms with Crippen molar-refractivity contribution in [3.63, 3.8) is 0 Å². The number of hydrazone groups is 1. The fraction of sp³-hybridized carbons (Fsp3) is 0.143. The smallest absolute Gasteiger partial charge is 0.388 e. The van der Waals surface area contributed by atoms with Crippen molar-refractivity contribution in [1.29, 1.82) is 0 Å². The summed E-state index contributed by atoms with van der Waals surface area (Å²) in [6.45, 7) is -0.313. The fourth-order valence-corrected chi connectivity index (χ4v) is 4.88. The van der Waals surface area contributed by atoms with Crippen molar-refractivity contribution in [3.8, 4) is 11.5 Å². The summed E-state index contributed by atoms with van der Waals surface area (Å²) in [6, 6.07) is 13.0. The average Bonchev–Trinajstić information content (AvgIpc) is 3.55. The first-order valence-electron chi connectivity index (χ1n) is 9.39. The molecule has 0 N–H and O–H groups in total. The molecule has 0 radical (unpaired) electrons. The van der Waals surface area contributed by atoms with Crippen LogP contribution in [0.15, 0.2) is 73.6 Å². The molecule has 1 aromatic carbocycles. The molecule has 0 saturated heterocycles. The predicted octanol–water partition coefficient (Wildman–Crippen LogP) is 4.14. The van der Waals surface area contributed by atoms with Gasteiger partial charge in [-0.15, -0.1) is 27.8 Å². The average molecular weight is 455 g/mol. The van der Waals surface area contributed by atoms with E-state index in [4.69, 9.17) is 4.42 Å². The van der Waals surface area contributed by atoms with E-state index in [1.54, 1.807) is 22.7 Å². The van der Waals surface area contributed by atoms with E-state index in [-0.39, 0.29) is 24.4 Å². The Morgan fingerprint density at radius 1 is 1.13 bits per heavy atom. The van der Waals surface area contributed by atoms with E-state index in [1.807, 2.05) is 35.0 Å². The van der Waals surface area contributed by atoms with Crippen LogP contribution in [0.25, 0.3) is 11.5 Å². The van der Waals surface area contributed by atoms with E-state index in [0.29, 0.717) is 12.0 Å². The molecule has 4 aromatic rings. The van der Waals surface area contributed by atoms with Crippen molar-refractivity contribution >= 4 is 34.3 Å². The van der Waals surface area contributed by atoms with Gasteiger partial charge in [0, 0.05) is 16.9 Å².